The number of piperazine rings is 1. The molecule has 2 N–H and O–H groups in total. The Morgan fingerprint density at radius 2 is 1.84 bits per heavy atom. The number of carboxylic acids is 1. The zero-order valence-electron chi connectivity index (χ0n) is 16.5. The van der Waals surface area contributed by atoms with Gasteiger partial charge >= 0.3 is 12.1 Å². The van der Waals surface area contributed by atoms with Crippen LogP contribution in [0.4, 0.5) is 13.2 Å². The van der Waals surface area contributed by atoms with Crippen molar-refractivity contribution in [2.45, 2.75) is 36.7 Å². The zero-order valence-corrected chi connectivity index (χ0v) is 17.3. The van der Waals surface area contributed by atoms with E-state index in [4.69, 9.17) is 4.74 Å². The first kappa shape index (κ1) is 23.0. The van der Waals surface area contributed by atoms with Crippen LogP contribution in [0, 0.1) is 0 Å². The number of benzene rings is 2. The molecular weight excluding hydrogens is 437 g/mol. The lowest BCUT2D eigenvalue weighted by atomic mass is 10.1. The first-order valence-corrected chi connectivity index (χ1v) is 10.8. The molecule has 1 saturated heterocycles. The fraction of sp³-hybridized carbons (Fsp3) is 0.350. The highest BCUT2D eigenvalue weighted by Gasteiger charge is 2.41. The highest BCUT2D eigenvalue weighted by Crippen LogP contribution is 2.32. The van der Waals surface area contributed by atoms with Gasteiger partial charge in [-0.15, -0.1) is 0 Å². The third-order valence-electron chi connectivity index (χ3n) is 4.98. The Balaban J connectivity index is 1.77. The van der Waals surface area contributed by atoms with Crippen molar-refractivity contribution < 1.29 is 36.2 Å². The minimum absolute atomic E-state index is 0.00385. The molecule has 7 nitrogen and oxygen atoms in total. The molecule has 0 amide bonds. The van der Waals surface area contributed by atoms with Crippen molar-refractivity contribution in [2.24, 2.45) is 0 Å². The van der Waals surface area contributed by atoms with E-state index in [1.54, 1.807) is 6.92 Å². The van der Waals surface area contributed by atoms with Crippen LogP contribution >= 0.6 is 0 Å². The van der Waals surface area contributed by atoms with E-state index in [1.165, 1.54) is 42.5 Å². The highest BCUT2D eigenvalue weighted by molar-refractivity contribution is 7.89. The summed E-state index contributed by atoms with van der Waals surface area (Å²) in [6.45, 7) is 1.55. The molecule has 0 aliphatic carbocycles. The number of hydrogen-bond acceptors (Lipinski definition) is 5. The molecule has 0 spiro atoms. The van der Waals surface area contributed by atoms with E-state index in [9.17, 15) is 31.5 Å². The Labute approximate surface area is 177 Å². The van der Waals surface area contributed by atoms with Crippen LogP contribution in [0.5, 0.6) is 5.75 Å². The van der Waals surface area contributed by atoms with E-state index in [0.29, 0.717) is 6.54 Å². The lowest BCUT2D eigenvalue weighted by molar-refractivity contribution is -0.143. The van der Waals surface area contributed by atoms with E-state index >= 15 is 0 Å². The molecule has 1 aliphatic heterocycles. The quantitative estimate of drug-likeness (QED) is 0.691. The summed E-state index contributed by atoms with van der Waals surface area (Å²) < 4.78 is 71.5. The van der Waals surface area contributed by atoms with Gasteiger partial charge < -0.3 is 15.2 Å². The number of carbonyl (C=O) groups is 1. The molecule has 2 atom stereocenters. The molecular formula is C20H21F3N2O5S. The summed E-state index contributed by atoms with van der Waals surface area (Å²) in [5.41, 5.74) is -0.854. The van der Waals surface area contributed by atoms with Gasteiger partial charge in [-0.05, 0) is 37.3 Å². The van der Waals surface area contributed by atoms with Crippen LogP contribution in [-0.4, -0.2) is 49.0 Å². The monoisotopic (exact) mass is 458 g/mol. The van der Waals surface area contributed by atoms with Gasteiger partial charge in [0.05, 0.1) is 10.5 Å². The van der Waals surface area contributed by atoms with Gasteiger partial charge in [-0.1, -0.05) is 18.2 Å². The summed E-state index contributed by atoms with van der Waals surface area (Å²) in [6, 6.07) is 8.32. The van der Waals surface area contributed by atoms with Gasteiger partial charge in [-0.2, -0.15) is 17.5 Å². The lowest BCUT2D eigenvalue weighted by Crippen LogP contribution is -2.61. The van der Waals surface area contributed by atoms with Crippen molar-refractivity contribution >= 4 is 16.0 Å². The number of aliphatic carboxylic acids is 1. The fourth-order valence-electron chi connectivity index (χ4n) is 3.44. The summed E-state index contributed by atoms with van der Waals surface area (Å²) in [4.78, 5) is 11.5. The molecule has 1 aliphatic rings. The van der Waals surface area contributed by atoms with Gasteiger partial charge in [-0.3, -0.25) is 4.79 Å². The van der Waals surface area contributed by atoms with Crippen LogP contribution in [0.3, 0.4) is 0 Å². The van der Waals surface area contributed by atoms with Crippen LogP contribution in [0.25, 0.3) is 0 Å². The molecule has 1 fully saturated rings. The summed E-state index contributed by atoms with van der Waals surface area (Å²) in [6.07, 6.45) is -4.51. The number of nitrogens with zero attached hydrogens (tertiary/aromatic N) is 1. The van der Waals surface area contributed by atoms with Crippen LogP contribution in [0.1, 0.15) is 18.1 Å². The summed E-state index contributed by atoms with van der Waals surface area (Å²) >= 11 is 0. The van der Waals surface area contributed by atoms with Crippen LogP contribution in [0.15, 0.2) is 53.4 Å². The average Bonchev–Trinajstić information content (AvgIpc) is 2.71. The second-order valence-electron chi connectivity index (χ2n) is 7.06. The van der Waals surface area contributed by atoms with E-state index in [0.717, 1.165) is 10.4 Å². The fourth-order valence-corrected chi connectivity index (χ4v) is 5.09. The number of carboxylic acid groups (broad SMARTS) is 1. The molecule has 0 aromatic heterocycles. The first-order chi connectivity index (χ1) is 14.5. The molecule has 3 rings (SSSR count). The molecule has 2 aromatic carbocycles. The Hall–Kier alpha value is -2.63. The molecule has 0 radical (unpaired) electrons. The topological polar surface area (TPSA) is 95.9 Å². The van der Waals surface area contributed by atoms with Crippen molar-refractivity contribution in [3.05, 3.63) is 59.7 Å². The highest BCUT2D eigenvalue weighted by atomic mass is 32.2. The van der Waals surface area contributed by atoms with E-state index < -0.39 is 39.8 Å². The van der Waals surface area contributed by atoms with Crippen LogP contribution < -0.4 is 10.1 Å². The largest absolute Gasteiger partial charge is 0.489 e. The number of hydrogen-bond donors (Lipinski definition) is 2. The van der Waals surface area contributed by atoms with E-state index in [1.807, 2.05) is 0 Å². The Morgan fingerprint density at radius 1 is 1.19 bits per heavy atom. The predicted octanol–water partition coefficient (Wildman–Crippen LogP) is 2.72. The molecule has 31 heavy (non-hydrogen) atoms. The minimum atomic E-state index is -4.51. The normalized spacial score (nSPS) is 20.4. The summed E-state index contributed by atoms with van der Waals surface area (Å²) in [5, 5.41) is 12.4. The number of alkyl halides is 3. The number of rotatable bonds is 6. The van der Waals surface area contributed by atoms with Gasteiger partial charge in [-0.25, -0.2) is 8.42 Å². The van der Waals surface area contributed by atoms with Gasteiger partial charge in [0.1, 0.15) is 18.4 Å². The Kier molecular flexibility index (Phi) is 6.58. The lowest BCUT2D eigenvalue weighted by Gasteiger charge is -2.36. The van der Waals surface area contributed by atoms with Gasteiger partial charge in [0.2, 0.25) is 10.0 Å². The molecule has 11 heteroatoms. The molecule has 168 valence electrons. The van der Waals surface area contributed by atoms with Gasteiger partial charge in [0.15, 0.2) is 0 Å². The molecule has 0 saturated carbocycles. The van der Waals surface area contributed by atoms with Crippen molar-refractivity contribution in [3.63, 3.8) is 0 Å². The van der Waals surface area contributed by atoms with Crippen molar-refractivity contribution in [3.8, 4) is 5.75 Å². The third kappa shape index (κ3) is 5.00. The molecule has 1 heterocycles. The van der Waals surface area contributed by atoms with Crippen molar-refractivity contribution in [1.82, 2.24) is 9.62 Å². The molecule has 2 aromatic rings. The second-order valence-corrected chi connectivity index (χ2v) is 8.95. The minimum Gasteiger partial charge on any atom is -0.489 e. The van der Waals surface area contributed by atoms with Crippen LogP contribution in [0.2, 0.25) is 0 Å². The standard InChI is InChI=1S/C20H21F3N2O5S/c1-13-18(19(26)27)25(11-10-24-13)31(28,29)16-8-6-15(7-9-16)30-12-14-4-2-3-5-17(14)20(21,22)23/h2-9,13,18,24H,10-12H2,1H3,(H,26,27). The number of nitrogens with one attached hydrogen (secondary N) is 1. The number of halogens is 3. The van der Waals surface area contributed by atoms with Gasteiger partial charge in [0.25, 0.3) is 0 Å². The number of ether oxygens (including phenoxy) is 1. The average molecular weight is 458 g/mol. The Morgan fingerprint density at radius 3 is 2.45 bits per heavy atom. The SMILES string of the molecule is CC1NCCN(S(=O)(=O)c2ccc(OCc3ccccc3C(F)(F)F)cc2)C1C(=O)O. The number of sulfonamides is 1. The molecule has 0 bridgehead atoms. The Bertz CT molecular complexity index is 1040. The first-order valence-electron chi connectivity index (χ1n) is 9.38. The van der Waals surface area contributed by atoms with Crippen molar-refractivity contribution in [1.29, 1.82) is 0 Å². The third-order valence-corrected chi connectivity index (χ3v) is 6.88. The maximum absolute atomic E-state index is 13.1. The van der Waals surface area contributed by atoms with E-state index in [-0.39, 0.29) is 29.4 Å². The second kappa shape index (κ2) is 8.85. The smallest absolute Gasteiger partial charge is 0.416 e. The summed E-state index contributed by atoms with van der Waals surface area (Å²) in [7, 11) is -4.09. The van der Waals surface area contributed by atoms with Crippen molar-refractivity contribution in [2.75, 3.05) is 13.1 Å². The predicted molar refractivity (Wildman–Crippen MR) is 105 cm³/mol. The summed E-state index contributed by atoms with van der Waals surface area (Å²) in [5.74, 6) is -1.08. The van der Waals surface area contributed by atoms with E-state index in [2.05, 4.69) is 5.32 Å². The molecule has 2 unspecified atom stereocenters. The zero-order chi connectivity index (χ0) is 22.8. The maximum Gasteiger partial charge on any atom is 0.416 e. The maximum atomic E-state index is 13.1. The van der Waals surface area contributed by atoms with Gasteiger partial charge in [0, 0.05) is 24.7 Å². The van der Waals surface area contributed by atoms with Crippen LogP contribution in [-0.2, 0) is 27.6 Å².